The van der Waals surface area contributed by atoms with E-state index in [4.69, 9.17) is 0 Å². The minimum absolute atomic E-state index is 0.208. The second-order valence-corrected chi connectivity index (χ2v) is 5.18. The molecule has 1 aromatic carbocycles. The fourth-order valence-corrected chi connectivity index (χ4v) is 2.26. The number of nitrogens with zero attached hydrogens (tertiary/aromatic N) is 4. The minimum Gasteiger partial charge on any atom is -0.334 e. The lowest BCUT2D eigenvalue weighted by molar-refractivity contribution is -0.383. The molecule has 2 aromatic heterocycles. The van der Waals surface area contributed by atoms with Crippen molar-refractivity contribution >= 4 is 28.8 Å². The third-order valence-electron chi connectivity index (χ3n) is 3.40. The summed E-state index contributed by atoms with van der Waals surface area (Å²) < 4.78 is 39.4. The molecular weight excluding hydrogens is 365 g/mol. The number of alkyl halides is 3. The number of para-hydroxylation sites is 1. The second kappa shape index (κ2) is 7.23. The Morgan fingerprint density at radius 2 is 1.59 bits per heavy atom. The molecule has 2 N–H and O–H groups in total. The van der Waals surface area contributed by atoms with Gasteiger partial charge in [0.15, 0.2) is 0 Å². The number of rotatable bonds is 5. The quantitative estimate of drug-likeness (QED) is 0.505. The number of hydrogen-bond donors (Lipinski definition) is 2. The molecule has 11 heteroatoms. The molecule has 0 bridgehead atoms. The zero-order valence-corrected chi connectivity index (χ0v) is 13.4. The fourth-order valence-electron chi connectivity index (χ4n) is 2.26. The summed E-state index contributed by atoms with van der Waals surface area (Å²) in [7, 11) is 0. The molecule has 0 aliphatic rings. The van der Waals surface area contributed by atoms with Gasteiger partial charge < -0.3 is 10.6 Å². The lowest BCUT2D eigenvalue weighted by Crippen LogP contribution is -2.11. The highest BCUT2D eigenvalue weighted by Crippen LogP contribution is 2.38. The van der Waals surface area contributed by atoms with Crippen LogP contribution in [0.4, 0.5) is 42.0 Å². The molecule has 8 nitrogen and oxygen atoms in total. The van der Waals surface area contributed by atoms with Crippen molar-refractivity contribution in [1.82, 2.24) is 15.0 Å². The first-order valence-corrected chi connectivity index (χ1v) is 7.47. The molecule has 0 fully saturated rings. The van der Waals surface area contributed by atoms with Crippen LogP contribution >= 0.6 is 0 Å². The number of nitrogens with one attached hydrogen (secondary N) is 2. The van der Waals surface area contributed by atoms with Crippen molar-refractivity contribution in [3.05, 3.63) is 70.7 Å². The molecule has 0 aliphatic heterocycles. The first-order chi connectivity index (χ1) is 12.9. The van der Waals surface area contributed by atoms with Crippen LogP contribution in [-0.2, 0) is 6.18 Å². The Morgan fingerprint density at radius 3 is 2.22 bits per heavy atom. The average molecular weight is 376 g/mol. The molecule has 3 aromatic rings. The Bertz CT molecular complexity index is 966. The van der Waals surface area contributed by atoms with Crippen LogP contribution in [0.2, 0.25) is 0 Å². The van der Waals surface area contributed by atoms with Crippen LogP contribution in [0.25, 0.3) is 0 Å². The topological polar surface area (TPSA) is 106 Å². The molecule has 0 amide bonds. The van der Waals surface area contributed by atoms with Gasteiger partial charge in [-0.05, 0) is 24.3 Å². The molecule has 138 valence electrons. The summed E-state index contributed by atoms with van der Waals surface area (Å²) in [4.78, 5) is 22.2. The maximum atomic E-state index is 13.1. The number of hydrogen-bond acceptors (Lipinski definition) is 7. The van der Waals surface area contributed by atoms with Crippen molar-refractivity contribution < 1.29 is 18.1 Å². The van der Waals surface area contributed by atoms with E-state index in [1.807, 2.05) is 0 Å². The van der Waals surface area contributed by atoms with E-state index in [1.165, 1.54) is 18.3 Å². The van der Waals surface area contributed by atoms with Crippen molar-refractivity contribution in [1.29, 1.82) is 0 Å². The summed E-state index contributed by atoms with van der Waals surface area (Å²) in [6, 6.07) is 9.47. The second-order valence-electron chi connectivity index (χ2n) is 5.18. The van der Waals surface area contributed by atoms with E-state index in [0.717, 1.165) is 18.5 Å². The smallest absolute Gasteiger partial charge is 0.334 e. The summed E-state index contributed by atoms with van der Waals surface area (Å²) >= 11 is 0. The lowest BCUT2D eigenvalue weighted by atomic mass is 10.1. The van der Waals surface area contributed by atoms with Crippen LogP contribution in [0.15, 0.2) is 55.0 Å². The summed E-state index contributed by atoms with van der Waals surface area (Å²) in [6.45, 7) is 0. The number of pyridine rings is 1. The number of halogens is 3. The van der Waals surface area contributed by atoms with Gasteiger partial charge in [-0.15, -0.1) is 0 Å². The Kier molecular flexibility index (Phi) is 4.83. The Labute approximate surface area is 150 Å². The molecule has 0 aliphatic carbocycles. The van der Waals surface area contributed by atoms with E-state index >= 15 is 0 Å². The van der Waals surface area contributed by atoms with Crippen molar-refractivity contribution in [3.63, 3.8) is 0 Å². The number of aromatic nitrogens is 3. The van der Waals surface area contributed by atoms with Crippen molar-refractivity contribution in [2.75, 3.05) is 10.6 Å². The van der Waals surface area contributed by atoms with Gasteiger partial charge in [-0.2, -0.15) is 13.2 Å². The van der Waals surface area contributed by atoms with E-state index < -0.39 is 22.4 Å². The minimum atomic E-state index is -4.64. The van der Waals surface area contributed by atoms with Crippen LogP contribution in [-0.4, -0.2) is 19.9 Å². The Balaban J connectivity index is 2.02. The van der Waals surface area contributed by atoms with E-state index in [1.54, 1.807) is 18.2 Å². The average Bonchev–Trinajstić information content (AvgIpc) is 2.62. The van der Waals surface area contributed by atoms with Crippen LogP contribution in [0, 0.1) is 10.1 Å². The van der Waals surface area contributed by atoms with Crippen molar-refractivity contribution in [2.45, 2.75) is 6.18 Å². The molecule has 0 radical (unpaired) electrons. The van der Waals surface area contributed by atoms with Gasteiger partial charge in [-0.1, -0.05) is 18.2 Å². The Hall–Kier alpha value is -3.76. The molecule has 0 atom stereocenters. The highest BCUT2D eigenvalue weighted by Gasteiger charge is 2.34. The molecule has 0 spiro atoms. The summed E-state index contributed by atoms with van der Waals surface area (Å²) in [6.07, 6.45) is -2.18. The van der Waals surface area contributed by atoms with Crippen LogP contribution in [0.3, 0.4) is 0 Å². The maximum Gasteiger partial charge on any atom is 0.418 e. The van der Waals surface area contributed by atoms with Gasteiger partial charge in [-0.25, -0.2) is 15.0 Å². The third kappa shape index (κ3) is 4.08. The van der Waals surface area contributed by atoms with Gasteiger partial charge >= 0.3 is 11.9 Å². The maximum absolute atomic E-state index is 13.1. The normalized spacial score (nSPS) is 11.1. The zero-order valence-electron chi connectivity index (χ0n) is 13.4. The van der Waals surface area contributed by atoms with Crippen molar-refractivity contribution in [2.24, 2.45) is 0 Å². The van der Waals surface area contributed by atoms with E-state index in [-0.39, 0.29) is 23.1 Å². The highest BCUT2D eigenvalue weighted by molar-refractivity contribution is 5.77. The first-order valence-electron chi connectivity index (χ1n) is 7.47. The summed E-state index contributed by atoms with van der Waals surface area (Å²) in [5.74, 6) is -0.313. The van der Waals surface area contributed by atoms with Gasteiger partial charge in [-0.3, -0.25) is 10.1 Å². The van der Waals surface area contributed by atoms with Gasteiger partial charge in [0.1, 0.15) is 12.1 Å². The summed E-state index contributed by atoms with van der Waals surface area (Å²) in [5.41, 5.74) is -1.95. The van der Waals surface area contributed by atoms with Gasteiger partial charge in [0.05, 0.1) is 16.2 Å². The first kappa shape index (κ1) is 18.0. The number of nitro groups is 1. The molecule has 0 unspecified atom stereocenters. The molecule has 27 heavy (non-hydrogen) atoms. The van der Waals surface area contributed by atoms with Crippen molar-refractivity contribution in [3.8, 4) is 0 Å². The number of benzene rings is 1. The molecule has 0 saturated carbocycles. The molecular formula is C16H11F3N6O2. The predicted octanol–water partition coefficient (Wildman–Crippen LogP) is 4.29. The van der Waals surface area contributed by atoms with Crippen LogP contribution in [0.1, 0.15) is 5.56 Å². The van der Waals surface area contributed by atoms with Gasteiger partial charge in [0.2, 0.25) is 11.6 Å². The largest absolute Gasteiger partial charge is 0.418 e. The van der Waals surface area contributed by atoms with E-state index in [0.29, 0.717) is 0 Å². The monoisotopic (exact) mass is 376 g/mol. The molecule has 3 rings (SSSR count). The molecule has 0 saturated heterocycles. The van der Waals surface area contributed by atoms with Crippen LogP contribution in [0.5, 0.6) is 0 Å². The SMILES string of the molecule is O=[N+]([O-])c1c(Nc2ccccn2)ncnc1Nc1ccccc1C(F)(F)F. The highest BCUT2D eigenvalue weighted by atomic mass is 19.4. The summed E-state index contributed by atoms with van der Waals surface area (Å²) in [5, 5.41) is 16.5. The van der Waals surface area contributed by atoms with E-state index in [2.05, 4.69) is 25.6 Å². The standard InChI is InChI=1S/C16H11F3N6O2/c17-16(18,19)10-5-1-2-6-11(10)23-14-13(25(26)27)15(22-9-21-14)24-12-7-3-4-8-20-12/h1-9H,(H2,20,21,22,23,24). The van der Waals surface area contributed by atoms with Crippen LogP contribution < -0.4 is 10.6 Å². The van der Waals surface area contributed by atoms with Gasteiger partial charge in [0.25, 0.3) is 0 Å². The van der Waals surface area contributed by atoms with Gasteiger partial charge in [0, 0.05) is 6.20 Å². The molecule has 2 heterocycles. The fraction of sp³-hybridized carbons (Fsp3) is 0.0625. The number of anilines is 4. The zero-order chi connectivity index (χ0) is 19.4. The Morgan fingerprint density at radius 1 is 0.926 bits per heavy atom. The lowest BCUT2D eigenvalue weighted by Gasteiger charge is -2.14. The van der Waals surface area contributed by atoms with E-state index in [9.17, 15) is 23.3 Å². The third-order valence-corrected chi connectivity index (χ3v) is 3.40. The predicted molar refractivity (Wildman–Crippen MR) is 90.9 cm³/mol.